The third kappa shape index (κ3) is 5.86. The van der Waals surface area contributed by atoms with Gasteiger partial charge in [-0.3, -0.25) is 0 Å². The first-order valence-electron chi connectivity index (χ1n) is 7.55. The molecule has 0 saturated carbocycles. The summed E-state index contributed by atoms with van der Waals surface area (Å²) in [5.41, 5.74) is 1.04. The Morgan fingerprint density at radius 2 is 2.17 bits per heavy atom. The predicted molar refractivity (Wildman–Crippen MR) is 98.3 cm³/mol. The van der Waals surface area contributed by atoms with Crippen molar-refractivity contribution in [1.82, 2.24) is 10.6 Å². The van der Waals surface area contributed by atoms with Gasteiger partial charge in [0.2, 0.25) is 0 Å². The van der Waals surface area contributed by atoms with Crippen LogP contribution in [0.15, 0.2) is 46.8 Å². The molecule has 124 valence electrons. The molecule has 1 aromatic heterocycles. The van der Waals surface area contributed by atoms with E-state index >= 15 is 0 Å². The molecule has 0 bridgehead atoms. The molecule has 0 amide bonds. The minimum absolute atomic E-state index is 0.0840. The number of nitrogens with one attached hydrogen (secondary N) is 2. The van der Waals surface area contributed by atoms with Crippen LogP contribution in [0.3, 0.4) is 0 Å². The topological polar surface area (TPSA) is 45.7 Å². The van der Waals surface area contributed by atoms with E-state index in [9.17, 15) is 0 Å². The molecule has 1 aromatic carbocycles. The number of aliphatic imine (C=N–C) groups is 1. The van der Waals surface area contributed by atoms with Crippen molar-refractivity contribution < 1.29 is 4.74 Å². The van der Waals surface area contributed by atoms with E-state index in [4.69, 9.17) is 16.3 Å². The quantitative estimate of drug-likeness (QED) is 0.588. The first kappa shape index (κ1) is 17.8. The molecule has 1 unspecified atom stereocenters. The van der Waals surface area contributed by atoms with Crippen molar-refractivity contribution in [2.24, 2.45) is 4.99 Å². The second kappa shape index (κ2) is 9.55. The second-order valence-electron chi connectivity index (χ2n) is 4.93. The van der Waals surface area contributed by atoms with E-state index in [1.807, 2.05) is 37.3 Å². The van der Waals surface area contributed by atoms with Gasteiger partial charge in [-0.15, -0.1) is 11.3 Å². The lowest BCUT2D eigenvalue weighted by molar-refractivity contribution is 0.106. The molecular weight excluding hydrogens is 330 g/mol. The highest BCUT2D eigenvalue weighted by Gasteiger charge is 2.11. The van der Waals surface area contributed by atoms with Crippen molar-refractivity contribution in [1.29, 1.82) is 0 Å². The van der Waals surface area contributed by atoms with Gasteiger partial charge in [-0.2, -0.15) is 0 Å². The summed E-state index contributed by atoms with van der Waals surface area (Å²) in [6, 6.07) is 11.8. The van der Waals surface area contributed by atoms with Gasteiger partial charge in [0, 0.05) is 30.1 Å². The molecule has 4 nitrogen and oxygen atoms in total. The van der Waals surface area contributed by atoms with Crippen LogP contribution in [0.5, 0.6) is 0 Å². The zero-order valence-corrected chi connectivity index (χ0v) is 15.0. The van der Waals surface area contributed by atoms with Crippen LogP contribution in [0.1, 0.15) is 23.5 Å². The summed E-state index contributed by atoms with van der Waals surface area (Å²) in [6.07, 6.45) is -0.0840. The maximum Gasteiger partial charge on any atom is 0.191 e. The number of methoxy groups -OCH3 is 1. The Morgan fingerprint density at radius 3 is 2.83 bits per heavy atom. The number of ether oxygens (including phenoxy) is 1. The van der Waals surface area contributed by atoms with E-state index in [1.165, 1.54) is 4.88 Å². The highest BCUT2D eigenvalue weighted by Crippen LogP contribution is 2.19. The Kier molecular flexibility index (Phi) is 7.39. The van der Waals surface area contributed by atoms with Crippen LogP contribution in [0.2, 0.25) is 5.02 Å². The van der Waals surface area contributed by atoms with Crippen LogP contribution in [-0.4, -0.2) is 26.2 Å². The van der Waals surface area contributed by atoms with Crippen LogP contribution < -0.4 is 10.6 Å². The lowest BCUT2D eigenvalue weighted by atomic mass is 10.1. The van der Waals surface area contributed by atoms with Gasteiger partial charge in [-0.1, -0.05) is 29.8 Å². The van der Waals surface area contributed by atoms with E-state index in [1.54, 1.807) is 18.4 Å². The SMILES string of the molecule is CCNC(=NCc1cccs1)NCC(OC)c1cccc(Cl)c1. The summed E-state index contributed by atoms with van der Waals surface area (Å²) in [7, 11) is 1.70. The fourth-order valence-corrected chi connectivity index (χ4v) is 2.96. The molecule has 2 rings (SSSR count). The van der Waals surface area contributed by atoms with Gasteiger partial charge in [-0.25, -0.2) is 4.99 Å². The van der Waals surface area contributed by atoms with Crippen molar-refractivity contribution in [2.75, 3.05) is 20.2 Å². The van der Waals surface area contributed by atoms with E-state index in [0.717, 1.165) is 18.1 Å². The van der Waals surface area contributed by atoms with Gasteiger partial charge in [0.05, 0.1) is 12.6 Å². The zero-order chi connectivity index (χ0) is 16.5. The van der Waals surface area contributed by atoms with E-state index in [2.05, 4.69) is 27.1 Å². The summed E-state index contributed by atoms with van der Waals surface area (Å²) in [5.74, 6) is 0.782. The van der Waals surface area contributed by atoms with Crippen molar-refractivity contribution >= 4 is 28.9 Å². The fraction of sp³-hybridized carbons (Fsp3) is 0.353. The highest BCUT2D eigenvalue weighted by atomic mass is 35.5. The average Bonchev–Trinajstić information content (AvgIpc) is 3.06. The average molecular weight is 352 g/mol. The Balaban J connectivity index is 1.97. The first-order valence-corrected chi connectivity index (χ1v) is 8.81. The van der Waals surface area contributed by atoms with Gasteiger partial charge in [0.1, 0.15) is 0 Å². The Morgan fingerprint density at radius 1 is 1.30 bits per heavy atom. The largest absolute Gasteiger partial charge is 0.375 e. The number of guanidine groups is 1. The molecule has 1 heterocycles. The maximum absolute atomic E-state index is 6.05. The Bertz CT molecular complexity index is 616. The van der Waals surface area contributed by atoms with Crippen molar-refractivity contribution in [3.8, 4) is 0 Å². The molecule has 0 aliphatic heterocycles. The third-order valence-electron chi connectivity index (χ3n) is 3.28. The minimum atomic E-state index is -0.0840. The third-order valence-corrected chi connectivity index (χ3v) is 4.37. The smallest absolute Gasteiger partial charge is 0.191 e. The first-order chi connectivity index (χ1) is 11.2. The predicted octanol–water partition coefficient (Wildman–Crippen LogP) is 3.84. The van der Waals surface area contributed by atoms with Crippen molar-refractivity contribution in [3.05, 3.63) is 57.2 Å². The summed E-state index contributed by atoms with van der Waals surface area (Å²) >= 11 is 7.76. The van der Waals surface area contributed by atoms with Crippen molar-refractivity contribution in [3.63, 3.8) is 0 Å². The molecule has 23 heavy (non-hydrogen) atoms. The molecule has 2 aromatic rings. The lowest BCUT2D eigenvalue weighted by Gasteiger charge is -2.19. The Hall–Kier alpha value is -1.56. The van der Waals surface area contributed by atoms with Gasteiger partial charge < -0.3 is 15.4 Å². The maximum atomic E-state index is 6.05. The van der Waals surface area contributed by atoms with Gasteiger partial charge in [0.15, 0.2) is 5.96 Å². The number of rotatable bonds is 7. The monoisotopic (exact) mass is 351 g/mol. The number of benzene rings is 1. The molecule has 0 aliphatic carbocycles. The summed E-state index contributed by atoms with van der Waals surface area (Å²) in [4.78, 5) is 5.83. The number of hydrogen-bond donors (Lipinski definition) is 2. The zero-order valence-electron chi connectivity index (χ0n) is 13.4. The molecule has 0 fully saturated rings. The number of halogens is 1. The Labute approximate surface area is 146 Å². The van der Waals surface area contributed by atoms with Crippen molar-refractivity contribution in [2.45, 2.75) is 19.6 Å². The molecule has 0 aliphatic rings. The van der Waals surface area contributed by atoms with Gasteiger partial charge in [-0.05, 0) is 36.1 Å². The highest BCUT2D eigenvalue weighted by molar-refractivity contribution is 7.09. The standard InChI is InChI=1S/C17H22ClN3OS/c1-3-19-17(20-11-15-8-5-9-23-15)21-12-16(22-2)13-6-4-7-14(18)10-13/h4-10,16H,3,11-12H2,1-2H3,(H2,19,20,21). The summed E-state index contributed by atoms with van der Waals surface area (Å²) in [5, 5.41) is 9.35. The second-order valence-corrected chi connectivity index (χ2v) is 6.40. The summed E-state index contributed by atoms with van der Waals surface area (Å²) in [6.45, 7) is 4.15. The van der Waals surface area contributed by atoms with Gasteiger partial charge in [0.25, 0.3) is 0 Å². The normalized spacial score (nSPS) is 12.9. The fourth-order valence-electron chi connectivity index (χ4n) is 2.13. The summed E-state index contributed by atoms with van der Waals surface area (Å²) < 4.78 is 5.57. The van der Waals surface area contributed by atoms with Crippen LogP contribution in [0.4, 0.5) is 0 Å². The van der Waals surface area contributed by atoms with Crippen LogP contribution in [0.25, 0.3) is 0 Å². The van der Waals surface area contributed by atoms with E-state index in [-0.39, 0.29) is 6.10 Å². The number of nitrogens with zero attached hydrogens (tertiary/aromatic N) is 1. The van der Waals surface area contributed by atoms with E-state index < -0.39 is 0 Å². The van der Waals surface area contributed by atoms with Crippen LogP contribution in [0, 0.1) is 0 Å². The molecule has 0 saturated heterocycles. The molecule has 0 radical (unpaired) electrons. The van der Waals surface area contributed by atoms with E-state index in [0.29, 0.717) is 18.1 Å². The molecule has 2 N–H and O–H groups in total. The van der Waals surface area contributed by atoms with Crippen LogP contribution in [-0.2, 0) is 11.3 Å². The number of hydrogen-bond acceptors (Lipinski definition) is 3. The molecular formula is C17H22ClN3OS. The minimum Gasteiger partial charge on any atom is -0.375 e. The number of thiophene rings is 1. The molecule has 6 heteroatoms. The molecule has 0 spiro atoms. The van der Waals surface area contributed by atoms with Crippen LogP contribution >= 0.6 is 22.9 Å². The molecule has 1 atom stereocenters. The van der Waals surface area contributed by atoms with Gasteiger partial charge >= 0.3 is 0 Å². The lowest BCUT2D eigenvalue weighted by Crippen LogP contribution is -2.39.